The maximum Gasteiger partial charge on any atom is 0.265 e. The van der Waals surface area contributed by atoms with Gasteiger partial charge < -0.3 is 10.6 Å². The molecule has 2 aromatic carbocycles. The standard InChI is InChI=1S/C22H26N4O2/c1-4-10-23-13-16-7-9-19-18(11-16)22(28)26(14-25-19)20-12-17(8-6-15(20)3)21(27)24-5-2/h6-9,11-12,14,23H,4-5,10,13H2,1-3H3,(H,24,27). The van der Waals surface area contributed by atoms with Crippen LogP contribution >= 0.6 is 0 Å². The second-order valence-electron chi connectivity index (χ2n) is 6.81. The van der Waals surface area contributed by atoms with E-state index in [4.69, 9.17) is 0 Å². The van der Waals surface area contributed by atoms with Gasteiger partial charge in [-0.25, -0.2) is 4.98 Å². The normalized spacial score (nSPS) is 11.0. The van der Waals surface area contributed by atoms with Crippen LogP contribution in [-0.2, 0) is 6.54 Å². The molecule has 0 aliphatic carbocycles. The third-order valence-corrected chi connectivity index (χ3v) is 4.65. The van der Waals surface area contributed by atoms with Crippen molar-refractivity contribution in [3.63, 3.8) is 0 Å². The van der Waals surface area contributed by atoms with E-state index in [2.05, 4.69) is 22.5 Å². The molecule has 0 spiro atoms. The van der Waals surface area contributed by atoms with Crippen molar-refractivity contribution in [1.82, 2.24) is 20.2 Å². The van der Waals surface area contributed by atoms with Gasteiger partial charge in [-0.15, -0.1) is 0 Å². The topological polar surface area (TPSA) is 76.0 Å². The first-order valence-electron chi connectivity index (χ1n) is 9.65. The number of benzene rings is 2. The van der Waals surface area contributed by atoms with Crippen LogP contribution in [-0.4, -0.2) is 28.5 Å². The lowest BCUT2D eigenvalue weighted by molar-refractivity contribution is 0.0956. The summed E-state index contributed by atoms with van der Waals surface area (Å²) in [4.78, 5) is 29.8. The highest BCUT2D eigenvalue weighted by Crippen LogP contribution is 2.17. The highest BCUT2D eigenvalue weighted by Gasteiger charge is 2.12. The van der Waals surface area contributed by atoms with Crippen LogP contribution in [0.25, 0.3) is 16.6 Å². The number of fused-ring (bicyclic) bond motifs is 1. The lowest BCUT2D eigenvalue weighted by atomic mass is 10.1. The summed E-state index contributed by atoms with van der Waals surface area (Å²) in [6.07, 6.45) is 2.59. The van der Waals surface area contributed by atoms with Crippen molar-refractivity contribution in [1.29, 1.82) is 0 Å². The monoisotopic (exact) mass is 378 g/mol. The van der Waals surface area contributed by atoms with Crippen LogP contribution in [0.15, 0.2) is 47.5 Å². The Kier molecular flexibility index (Phi) is 6.21. The first-order chi connectivity index (χ1) is 13.5. The Hall–Kier alpha value is -2.99. The van der Waals surface area contributed by atoms with Crippen LogP contribution < -0.4 is 16.2 Å². The van der Waals surface area contributed by atoms with Crippen molar-refractivity contribution in [3.8, 4) is 5.69 Å². The van der Waals surface area contributed by atoms with E-state index in [1.807, 2.05) is 38.1 Å². The average molecular weight is 378 g/mol. The number of aryl methyl sites for hydroxylation is 1. The first kappa shape index (κ1) is 19.8. The van der Waals surface area contributed by atoms with Gasteiger partial charge in [-0.05, 0) is 62.2 Å². The van der Waals surface area contributed by atoms with Crippen molar-refractivity contribution >= 4 is 16.8 Å². The van der Waals surface area contributed by atoms with E-state index in [0.29, 0.717) is 35.2 Å². The van der Waals surface area contributed by atoms with Crippen LogP contribution in [0.1, 0.15) is 41.8 Å². The molecule has 1 heterocycles. The van der Waals surface area contributed by atoms with Crippen molar-refractivity contribution in [2.24, 2.45) is 0 Å². The highest BCUT2D eigenvalue weighted by molar-refractivity contribution is 5.94. The number of rotatable bonds is 7. The molecule has 3 rings (SSSR count). The fourth-order valence-electron chi connectivity index (χ4n) is 3.13. The summed E-state index contributed by atoms with van der Waals surface area (Å²) in [6, 6.07) is 11.1. The average Bonchev–Trinajstić information content (AvgIpc) is 2.70. The number of carbonyl (C=O) groups excluding carboxylic acids is 1. The molecule has 2 N–H and O–H groups in total. The Morgan fingerprint density at radius 2 is 1.96 bits per heavy atom. The summed E-state index contributed by atoms with van der Waals surface area (Å²) >= 11 is 0. The van der Waals surface area contributed by atoms with Crippen LogP contribution in [0, 0.1) is 6.92 Å². The van der Waals surface area contributed by atoms with Gasteiger partial charge in [0.25, 0.3) is 11.5 Å². The van der Waals surface area contributed by atoms with Crippen molar-refractivity contribution in [2.75, 3.05) is 13.1 Å². The number of hydrogen-bond acceptors (Lipinski definition) is 4. The number of carbonyl (C=O) groups is 1. The Bertz CT molecular complexity index is 1060. The largest absolute Gasteiger partial charge is 0.352 e. The van der Waals surface area contributed by atoms with Crippen LogP contribution in [0.5, 0.6) is 0 Å². The highest BCUT2D eigenvalue weighted by atomic mass is 16.1. The number of aromatic nitrogens is 2. The molecular weight excluding hydrogens is 352 g/mol. The molecule has 0 radical (unpaired) electrons. The first-order valence-corrected chi connectivity index (χ1v) is 9.65. The summed E-state index contributed by atoms with van der Waals surface area (Å²) in [7, 11) is 0. The molecule has 1 amide bonds. The summed E-state index contributed by atoms with van der Waals surface area (Å²) < 4.78 is 1.52. The Morgan fingerprint density at radius 1 is 1.14 bits per heavy atom. The summed E-state index contributed by atoms with van der Waals surface area (Å²) in [5, 5.41) is 6.71. The Morgan fingerprint density at radius 3 is 2.71 bits per heavy atom. The molecule has 0 aliphatic rings. The number of nitrogens with one attached hydrogen (secondary N) is 2. The predicted octanol–water partition coefficient (Wildman–Crippen LogP) is 2.94. The molecule has 0 atom stereocenters. The molecule has 0 unspecified atom stereocenters. The molecule has 0 bridgehead atoms. The van der Waals surface area contributed by atoms with Crippen LogP contribution in [0.4, 0.5) is 0 Å². The Labute approximate surface area is 164 Å². The maximum absolute atomic E-state index is 13.2. The molecule has 6 nitrogen and oxygen atoms in total. The predicted molar refractivity (Wildman–Crippen MR) is 112 cm³/mol. The molecule has 28 heavy (non-hydrogen) atoms. The molecule has 0 saturated carbocycles. The van der Waals surface area contributed by atoms with Crippen molar-refractivity contribution in [3.05, 3.63) is 69.8 Å². The Balaban J connectivity index is 2.06. The maximum atomic E-state index is 13.2. The second-order valence-corrected chi connectivity index (χ2v) is 6.81. The van der Waals surface area contributed by atoms with Crippen LogP contribution in [0.2, 0.25) is 0 Å². The molecule has 6 heteroatoms. The molecule has 146 valence electrons. The van der Waals surface area contributed by atoms with Gasteiger partial charge in [0, 0.05) is 18.7 Å². The molecule has 0 aliphatic heterocycles. The minimum atomic E-state index is -0.158. The van der Waals surface area contributed by atoms with Crippen molar-refractivity contribution < 1.29 is 4.79 Å². The van der Waals surface area contributed by atoms with Gasteiger partial charge in [0.15, 0.2) is 0 Å². The van der Waals surface area contributed by atoms with Gasteiger partial charge in [-0.1, -0.05) is 19.1 Å². The molecule has 0 fully saturated rings. The van der Waals surface area contributed by atoms with Gasteiger partial charge in [0.2, 0.25) is 0 Å². The zero-order valence-corrected chi connectivity index (χ0v) is 16.6. The van der Waals surface area contributed by atoms with E-state index in [9.17, 15) is 9.59 Å². The van der Waals surface area contributed by atoms with E-state index in [1.54, 1.807) is 12.1 Å². The second kappa shape index (κ2) is 8.80. The SMILES string of the molecule is CCCNCc1ccc2ncn(-c3cc(C(=O)NCC)ccc3C)c(=O)c2c1. The van der Waals surface area contributed by atoms with Gasteiger partial charge in [0.05, 0.1) is 16.6 Å². The molecule has 3 aromatic rings. The number of amides is 1. The molecular formula is C22H26N4O2. The summed E-state index contributed by atoms with van der Waals surface area (Å²) in [6.45, 7) is 8.10. The van der Waals surface area contributed by atoms with E-state index in [0.717, 1.165) is 24.1 Å². The van der Waals surface area contributed by atoms with Crippen molar-refractivity contribution in [2.45, 2.75) is 33.7 Å². The quantitative estimate of drug-likeness (QED) is 0.620. The summed E-state index contributed by atoms with van der Waals surface area (Å²) in [5.74, 6) is -0.158. The third-order valence-electron chi connectivity index (χ3n) is 4.65. The third kappa shape index (κ3) is 4.12. The lowest BCUT2D eigenvalue weighted by Crippen LogP contribution is -2.24. The lowest BCUT2D eigenvalue weighted by Gasteiger charge is -2.12. The van der Waals surface area contributed by atoms with E-state index in [1.165, 1.54) is 10.9 Å². The van der Waals surface area contributed by atoms with Gasteiger partial charge in [-0.3, -0.25) is 14.2 Å². The van der Waals surface area contributed by atoms with Gasteiger partial charge in [-0.2, -0.15) is 0 Å². The van der Waals surface area contributed by atoms with E-state index in [-0.39, 0.29) is 11.5 Å². The minimum absolute atomic E-state index is 0.140. The molecule has 0 saturated heterocycles. The van der Waals surface area contributed by atoms with Gasteiger partial charge in [0.1, 0.15) is 6.33 Å². The zero-order chi connectivity index (χ0) is 20.1. The van der Waals surface area contributed by atoms with E-state index < -0.39 is 0 Å². The smallest absolute Gasteiger partial charge is 0.265 e. The fraction of sp³-hybridized carbons (Fsp3) is 0.318. The van der Waals surface area contributed by atoms with Gasteiger partial charge >= 0.3 is 0 Å². The number of hydrogen-bond donors (Lipinski definition) is 2. The number of nitrogens with zero attached hydrogens (tertiary/aromatic N) is 2. The fourth-order valence-corrected chi connectivity index (χ4v) is 3.13. The summed E-state index contributed by atoms with van der Waals surface area (Å²) in [5.41, 5.74) is 3.66. The van der Waals surface area contributed by atoms with Crippen LogP contribution in [0.3, 0.4) is 0 Å². The minimum Gasteiger partial charge on any atom is -0.352 e. The molecule has 1 aromatic heterocycles. The zero-order valence-electron chi connectivity index (χ0n) is 16.6. The van der Waals surface area contributed by atoms with E-state index >= 15 is 0 Å².